The Balaban J connectivity index is 1.38. The Morgan fingerprint density at radius 3 is 2.76 bits per heavy atom. The molecule has 1 saturated carbocycles. The van der Waals surface area contributed by atoms with E-state index in [4.69, 9.17) is 9.15 Å². The molecule has 3 aromatic rings. The quantitative estimate of drug-likeness (QED) is 0.572. The average molecular weight is 458 g/mol. The number of rotatable bonds is 4. The van der Waals surface area contributed by atoms with E-state index in [1.54, 1.807) is 11.1 Å². The topological polar surface area (TPSA) is 81.4 Å². The molecule has 4 heterocycles. The molecule has 0 radical (unpaired) electrons. The number of pyridine rings is 2. The standard InChI is InChI=1S/C23H21F3N4O3/c1-13-9-16(21-27-6-8-32-21)19(29-11-13)22(31)30-7-2-3-14-10-17(20(14)30)33-18-5-4-15(12-28-18)23(24,25)26/h4-6,8-9,11-12,14,17,20H,2-3,7,10H2,1H3. The Bertz CT molecular complexity index is 1150. The largest absolute Gasteiger partial charge is 0.472 e. The molecule has 7 nitrogen and oxygen atoms in total. The molecule has 5 rings (SSSR count). The van der Waals surface area contributed by atoms with Crippen molar-refractivity contribution in [1.29, 1.82) is 0 Å². The highest BCUT2D eigenvalue weighted by Gasteiger charge is 2.50. The predicted molar refractivity (Wildman–Crippen MR) is 110 cm³/mol. The highest BCUT2D eigenvalue weighted by atomic mass is 19.4. The van der Waals surface area contributed by atoms with Crippen LogP contribution >= 0.6 is 0 Å². The number of oxazole rings is 1. The zero-order valence-corrected chi connectivity index (χ0v) is 17.7. The van der Waals surface area contributed by atoms with E-state index in [0.29, 0.717) is 24.4 Å². The first-order valence-electron chi connectivity index (χ1n) is 10.7. The average Bonchev–Trinajstić information content (AvgIpc) is 3.31. The van der Waals surface area contributed by atoms with Crippen LogP contribution in [0.4, 0.5) is 13.2 Å². The van der Waals surface area contributed by atoms with E-state index in [0.717, 1.165) is 30.7 Å². The van der Waals surface area contributed by atoms with E-state index in [1.807, 2.05) is 13.0 Å². The van der Waals surface area contributed by atoms with Crippen LogP contribution in [-0.4, -0.2) is 44.4 Å². The van der Waals surface area contributed by atoms with Crippen LogP contribution in [0.2, 0.25) is 0 Å². The number of aromatic nitrogens is 3. The number of amides is 1. The maximum Gasteiger partial charge on any atom is 0.417 e. The molecular formula is C23H21F3N4O3. The summed E-state index contributed by atoms with van der Waals surface area (Å²) in [5.41, 5.74) is 0.810. The van der Waals surface area contributed by atoms with Gasteiger partial charge in [-0.3, -0.25) is 4.79 Å². The monoisotopic (exact) mass is 458 g/mol. The molecule has 0 bridgehead atoms. The van der Waals surface area contributed by atoms with Crippen LogP contribution in [0.25, 0.3) is 11.5 Å². The Morgan fingerprint density at radius 2 is 2.06 bits per heavy atom. The summed E-state index contributed by atoms with van der Waals surface area (Å²) in [5.74, 6) is 0.446. The number of hydrogen-bond acceptors (Lipinski definition) is 6. The summed E-state index contributed by atoms with van der Waals surface area (Å²) in [6.07, 6.45) is 3.06. The second kappa shape index (κ2) is 8.17. The van der Waals surface area contributed by atoms with Gasteiger partial charge in [0.25, 0.3) is 5.91 Å². The number of alkyl halides is 3. The molecule has 0 spiro atoms. The molecule has 1 aliphatic carbocycles. The molecule has 3 atom stereocenters. The van der Waals surface area contributed by atoms with Gasteiger partial charge in [0, 0.05) is 25.0 Å². The molecule has 172 valence electrons. The van der Waals surface area contributed by atoms with Crippen LogP contribution in [0.3, 0.4) is 0 Å². The van der Waals surface area contributed by atoms with E-state index < -0.39 is 11.7 Å². The van der Waals surface area contributed by atoms with Gasteiger partial charge < -0.3 is 14.1 Å². The molecule has 0 N–H and O–H groups in total. The van der Waals surface area contributed by atoms with Crippen molar-refractivity contribution < 1.29 is 27.1 Å². The van der Waals surface area contributed by atoms with Crippen molar-refractivity contribution in [3.63, 3.8) is 0 Å². The highest BCUT2D eigenvalue weighted by molar-refractivity contribution is 5.98. The van der Waals surface area contributed by atoms with Crippen molar-refractivity contribution >= 4 is 5.91 Å². The van der Waals surface area contributed by atoms with Gasteiger partial charge in [0.1, 0.15) is 18.1 Å². The van der Waals surface area contributed by atoms with Crippen LogP contribution in [0.15, 0.2) is 47.5 Å². The molecule has 3 aromatic heterocycles. The Labute approximate surface area is 187 Å². The number of likely N-dealkylation sites (tertiary alicyclic amines) is 1. The summed E-state index contributed by atoms with van der Waals surface area (Å²) in [4.78, 5) is 27.7. The fourth-order valence-electron chi connectivity index (χ4n) is 4.62. The van der Waals surface area contributed by atoms with E-state index in [1.165, 1.54) is 18.5 Å². The van der Waals surface area contributed by atoms with E-state index >= 15 is 0 Å². The van der Waals surface area contributed by atoms with E-state index in [2.05, 4.69) is 15.0 Å². The van der Waals surface area contributed by atoms with E-state index in [9.17, 15) is 18.0 Å². The third-order valence-corrected chi connectivity index (χ3v) is 6.22. The van der Waals surface area contributed by atoms with Gasteiger partial charge in [0.05, 0.1) is 23.4 Å². The first-order chi connectivity index (χ1) is 15.8. The normalized spacial score (nSPS) is 22.4. The minimum Gasteiger partial charge on any atom is -0.472 e. The summed E-state index contributed by atoms with van der Waals surface area (Å²) in [6, 6.07) is 3.78. The van der Waals surface area contributed by atoms with Gasteiger partial charge in [-0.15, -0.1) is 0 Å². The lowest BCUT2D eigenvalue weighted by atomic mass is 9.70. The van der Waals surface area contributed by atoms with Gasteiger partial charge in [-0.25, -0.2) is 15.0 Å². The van der Waals surface area contributed by atoms with Crippen LogP contribution in [0, 0.1) is 12.8 Å². The number of nitrogens with zero attached hydrogens (tertiary/aromatic N) is 4. The number of ether oxygens (including phenoxy) is 1. The molecule has 10 heteroatoms. The Morgan fingerprint density at radius 1 is 1.21 bits per heavy atom. The second-order valence-electron chi connectivity index (χ2n) is 8.41. The minimum atomic E-state index is -4.46. The smallest absolute Gasteiger partial charge is 0.417 e. The van der Waals surface area contributed by atoms with Gasteiger partial charge in [0.2, 0.25) is 11.8 Å². The number of halogens is 3. The van der Waals surface area contributed by atoms with Crippen LogP contribution < -0.4 is 4.74 Å². The first kappa shape index (κ1) is 21.4. The fourth-order valence-corrected chi connectivity index (χ4v) is 4.62. The summed E-state index contributed by atoms with van der Waals surface area (Å²) in [7, 11) is 0. The van der Waals surface area contributed by atoms with Gasteiger partial charge in [-0.05, 0) is 49.8 Å². The summed E-state index contributed by atoms with van der Waals surface area (Å²) in [6.45, 7) is 2.42. The lowest BCUT2D eigenvalue weighted by Gasteiger charge is -2.52. The maximum absolute atomic E-state index is 13.6. The highest BCUT2D eigenvalue weighted by Crippen LogP contribution is 2.42. The molecule has 2 fully saturated rings. The number of fused-ring (bicyclic) bond motifs is 1. The number of hydrogen-bond donors (Lipinski definition) is 0. The molecule has 2 aliphatic rings. The predicted octanol–water partition coefficient (Wildman–Crippen LogP) is 4.53. The molecule has 0 aromatic carbocycles. The van der Waals surface area contributed by atoms with Crippen LogP contribution in [0.1, 0.15) is 40.9 Å². The Hall–Kier alpha value is -3.43. The van der Waals surface area contributed by atoms with Crippen LogP contribution in [-0.2, 0) is 6.18 Å². The number of carbonyl (C=O) groups excluding carboxylic acids is 1. The van der Waals surface area contributed by atoms with Gasteiger partial charge in [-0.2, -0.15) is 13.2 Å². The lowest BCUT2D eigenvalue weighted by molar-refractivity contribution is -0.137. The SMILES string of the molecule is Cc1cnc(C(=O)N2CCCC3CC(Oc4ccc(C(F)(F)F)cn4)C32)c(-c2ncco2)c1. The molecule has 1 aliphatic heterocycles. The molecule has 3 unspecified atom stereocenters. The third kappa shape index (κ3) is 4.05. The summed E-state index contributed by atoms with van der Waals surface area (Å²) in [5, 5.41) is 0. The first-order valence-corrected chi connectivity index (χ1v) is 10.7. The van der Waals surface area contributed by atoms with Crippen molar-refractivity contribution in [2.24, 2.45) is 5.92 Å². The maximum atomic E-state index is 13.6. The van der Waals surface area contributed by atoms with Crippen molar-refractivity contribution in [2.45, 2.75) is 44.5 Å². The molecule has 1 saturated heterocycles. The van der Waals surface area contributed by atoms with Gasteiger partial charge >= 0.3 is 6.18 Å². The minimum absolute atomic E-state index is 0.110. The lowest BCUT2D eigenvalue weighted by Crippen LogP contribution is -2.63. The third-order valence-electron chi connectivity index (χ3n) is 6.22. The Kier molecular flexibility index (Phi) is 5.30. The zero-order valence-electron chi connectivity index (χ0n) is 17.7. The van der Waals surface area contributed by atoms with Crippen LogP contribution in [0.5, 0.6) is 5.88 Å². The number of carbonyl (C=O) groups is 1. The number of aryl methyl sites for hydroxylation is 1. The zero-order chi connectivity index (χ0) is 23.2. The number of piperidine rings is 1. The van der Waals surface area contributed by atoms with Crippen molar-refractivity contribution in [3.05, 3.63) is 59.9 Å². The summed E-state index contributed by atoms with van der Waals surface area (Å²) < 4.78 is 49.7. The van der Waals surface area contributed by atoms with E-state index in [-0.39, 0.29) is 35.5 Å². The van der Waals surface area contributed by atoms with Crippen molar-refractivity contribution in [1.82, 2.24) is 19.9 Å². The summed E-state index contributed by atoms with van der Waals surface area (Å²) >= 11 is 0. The molecule has 1 amide bonds. The van der Waals surface area contributed by atoms with Crippen molar-refractivity contribution in [3.8, 4) is 17.3 Å². The van der Waals surface area contributed by atoms with Gasteiger partial charge in [-0.1, -0.05) is 0 Å². The fraction of sp³-hybridized carbons (Fsp3) is 0.391. The van der Waals surface area contributed by atoms with Crippen molar-refractivity contribution in [2.75, 3.05) is 6.54 Å². The van der Waals surface area contributed by atoms with Gasteiger partial charge in [0.15, 0.2) is 0 Å². The second-order valence-corrected chi connectivity index (χ2v) is 8.41. The molecule has 33 heavy (non-hydrogen) atoms. The molecular weight excluding hydrogens is 437 g/mol.